The molecule has 3 heteroatoms. The molecule has 0 unspecified atom stereocenters. The minimum Gasteiger partial charge on any atom is -0.396 e. The third-order valence-electron chi connectivity index (χ3n) is 3.10. The van der Waals surface area contributed by atoms with Crippen LogP contribution in [0.5, 0.6) is 0 Å². The summed E-state index contributed by atoms with van der Waals surface area (Å²) in [5, 5.41) is 12.2. The largest absolute Gasteiger partial charge is 0.396 e. The van der Waals surface area contributed by atoms with E-state index in [1.807, 2.05) is 11.8 Å². The van der Waals surface area contributed by atoms with Crippen molar-refractivity contribution in [3.63, 3.8) is 0 Å². The molecule has 0 saturated carbocycles. The molecule has 2 nitrogen and oxygen atoms in total. The van der Waals surface area contributed by atoms with Crippen molar-refractivity contribution in [2.24, 2.45) is 5.92 Å². The highest BCUT2D eigenvalue weighted by Gasteiger charge is 1.99. The normalized spacial score (nSPS) is 11.2. The lowest BCUT2D eigenvalue weighted by Gasteiger charge is -2.09. The minimum atomic E-state index is 0.332. The van der Waals surface area contributed by atoms with Crippen molar-refractivity contribution in [2.75, 3.05) is 18.9 Å². The van der Waals surface area contributed by atoms with Gasteiger partial charge in [-0.1, -0.05) is 38.8 Å². The molecule has 0 atom stereocenters. The van der Waals surface area contributed by atoms with Crippen LogP contribution in [0.25, 0.3) is 0 Å². The van der Waals surface area contributed by atoms with E-state index in [-0.39, 0.29) is 0 Å². The zero-order valence-electron chi connectivity index (χ0n) is 12.9. The molecule has 2 N–H and O–H groups in total. The van der Waals surface area contributed by atoms with Gasteiger partial charge in [0.15, 0.2) is 0 Å². The number of aliphatic hydroxyl groups is 1. The van der Waals surface area contributed by atoms with E-state index in [1.165, 1.54) is 29.1 Å². The Kier molecular flexibility index (Phi) is 9.81. The van der Waals surface area contributed by atoms with Gasteiger partial charge in [0, 0.05) is 18.0 Å². The van der Waals surface area contributed by atoms with Crippen LogP contribution in [0.1, 0.15) is 45.1 Å². The van der Waals surface area contributed by atoms with Gasteiger partial charge in [-0.25, -0.2) is 0 Å². The summed E-state index contributed by atoms with van der Waals surface area (Å²) >= 11 is 1.94. The van der Waals surface area contributed by atoms with Gasteiger partial charge < -0.3 is 10.4 Å². The van der Waals surface area contributed by atoms with E-state index in [9.17, 15) is 0 Å². The number of nitrogens with one attached hydrogen (secondary N) is 1. The molecule has 0 aliphatic carbocycles. The summed E-state index contributed by atoms with van der Waals surface area (Å²) in [5.74, 6) is 1.88. The molecule has 20 heavy (non-hydrogen) atoms. The molecule has 114 valence electrons. The quantitative estimate of drug-likeness (QED) is 0.476. The van der Waals surface area contributed by atoms with Crippen LogP contribution in [0.4, 0.5) is 0 Å². The molecule has 0 bridgehead atoms. The van der Waals surface area contributed by atoms with Crippen molar-refractivity contribution in [3.05, 3.63) is 29.8 Å². The number of benzene rings is 1. The smallest absolute Gasteiger partial charge is 0.0431 e. The monoisotopic (exact) mass is 295 g/mol. The summed E-state index contributed by atoms with van der Waals surface area (Å²) in [6.45, 7) is 6.83. The second kappa shape index (κ2) is 11.2. The van der Waals surface area contributed by atoms with E-state index in [4.69, 9.17) is 5.11 Å². The summed E-state index contributed by atoms with van der Waals surface area (Å²) in [4.78, 5) is 1.37. The summed E-state index contributed by atoms with van der Waals surface area (Å²) in [7, 11) is 0. The van der Waals surface area contributed by atoms with Crippen LogP contribution < -0.4 is 5.32 Å². The van der Waals surface area contributed by atoms with Crippen molar-refractivity contribution in [2.45, 2.75) is 51.0 Å². The zero-order chi connectivity index (χ0) is 14.6. The van der Waals surface area contributed by atoms with Gasteiger partial charge in [-0.15, -0.1) is 11.8 Å². The van der Waals surface area contributed by atoms with Gasteiger partial charge in [0.2, 0.25) is 0 Å². The van der Waals surface area contributed by atoms with Crippen LogP contribution in [0.2, 0.25) is 0 Å². The van der Waals surface area contributed by atoms with E-state index >= 15 is 0 Å². The zero-order valence-corrected chi connectivity index (χ0v) is 13.7. The van der Waals surface area contributed by atoms with Crippen LogP contribution >= 0.6 is 11.8 Å². The Hall–Kier alpha value is -0.510. The van der Waals surface area contributed by atoms with Gasteiger partial charge in [0.1, 0.15) is 0 Å². The molecule has 0 aliphatic rings. The van der Waals surface area contributed by atoms with Crippen molar-refractivity contribution in [1.29, 1.82) is 0 Å². The molecule has 0 aromatic heterocycles. The Labute approximate surface area is 128 Å². The maximum Gasteiger partial charge on any atom is 0.0431 e. The average Bonchev–Trinajstić information content (AvgIpc) is 2.43. The number of hydrogen-bond acceptors (Lipinski definition) is 3. The lowest BCUT2D eigenvalue weighted by molar-refractivity contribution is 0.283. The molecular formula is C17H29NOS. The number of unbranched alkanes of at least 4 members (excludes halogenated alkanes) is 3. The topological polar surface area (TPSA) is 32.3 Å². The fourth-order valence-corrected chi connectivity index (χ4v) is 3.00. The lowest BCUT2D eigenvalue weighted by Crippen LogP contribution is -2.18. The van der Waals surface area contributed by atoms with Gasteiger partial charge in [-0.3, -0.25) is 0 Å². The standard InChI is InChI=1S/C17H29NOS/c1-15(2)13-18-14-16-8-7-9-17(12-16)20-11-6-4-3-5-10-19/h7-9,12,15,18-19H,3-6,10-11,13-14H2,1-2H3. The number of rotatable bonds is 11. The summed E-state index contributed by atoms with van der Waals surface area (Å²) in [5.41, 5.74) is 1.37. The second-order valence-electron chi connectivity index (χ2n) is 5.66. The van der Waals surface area contributed by atoms with Gasteiger partial charge in [-0.2, -0.15) is 0 Å². The number of aliphatic hydroxyl groups excluding tert-OH is 1. The lowest BCUT2D eigenvalue weighted by atomic mass is 10.2. The van der Waals surface area contributed by atoms with Gasteiger partial charge in [-0.05, 0) is 48.8 Å². The van der Waals surface area contributed by atoms with Gasteiger partial charge in [0.05, 0.1) is 0 Å². The fourth-order valence-electron chi connectivity index (χ4n) is 2.01. The van der Waals surface area contributed by atoms with Crippen LogP contribution in [-0.4, -0.2) is 24.0 Å². The Morgan fingerprint density at radius 3 is 2.70 bits per heavy atom. The maximum absolute atomic E-state index is 8.73. The molecule has 0 fully saturated rings. The first-order chi connectivity index (χ1) is 9.72. The summed E-state index contributed by atoms with van der Waals surface area (Å²) in [6, 6.07) is 8.84. The molecular weight excluding hydrogens is 266 g/mol. The van der Waals surface area contributed by atoms with E-state index < -0.39 is 0 Å². The third-order valence-corrected chi connectivity index (χ3v) is 4.18. The molecule has 0 spiro atoms. The van der Waals surface area contributed by atoms with Crippen molar-refractivity contribution >= 4 is 11.8 Å². The molecule has 0 heterocycles. The summed E-state index contributed by atoms with van der Waals surface area (Å²) in [6.07, 6.45) is 4.56. The highest BCUT2D eigenvalue weighted by Crippen LogP contribution is 2.21. The first kappa shape index (κ1) is 17.5. The maximum atomic E-state index is 8.73. The fraction of sp³-hybridized carbons (Fsp3) is 0.647. The molecule has 0 saturated heterocycles. The van der Waals surface area contributed by atoms with Crippen molar-refractivity contribution in [3.8, 4) is 0 Å². The van der Waals surface area contributed by atoms with E-state index in [2.05, 4.69) is 43.4 Å². The molecule has 1 aromatic rings. The third kappa shape index (κ3) is 8.62. The van der Waals surface area contributed by atoms with E-state index in [1.54, 1.807) is 0 Å². The van der Waals surface area contributed by atoms with Gasteiger partial charge in [0.25, 0.3) is 0 Å². The Morgan fingerprint density at radius 2 is 1.95 bits per heavy atom. The Bertz CT molecular complexity index is 355. The average molecular weight is 295 g/mol. The molecule has 0 aliphatic heterocycles. The van der Waals surface area contributed by atoms with Crippen LogP contribution in [0.15, 0.2) is 29.2 Å². The van der Waals surface area contributed by atoms with Gasteiger partial charge >= 0.3 is 0 Å². The SMILES string of the molecule is CC(C)CNCc1cccc(SCCCCCCO)c1. The van der Waals surface area contributed by atoms with E-state index in [0.717, 1.165) is 25.9 Å². The molecule has 0 amide bonds. The van der Waals surface area contributed by atoms with Crippen LogP contribution in [0.3, 0.4) is 0 Å². The number of hydrogen-bond donors (Lipinski definition) is 2. The van der Waals surface area contributed by atoms with Crippen LogP contribution in [-0.2, 0) is 6.54 Å². The Morgan fingerprint density at radius 1 is 1.15 bits per heavy atom. The highest BCUT2D eigenvalue weighted by atomic mass is 32.2. The highest BCUT2D eigenvalue weighted by molar-refractivity contribution is 7.99. The number of thioether (sulfide) groups is 1. The minimum absolute atomic E-state index is 0.332. The van der Waals surface area contributed by atoms with Crippen molar-refractivity contribution in [1.82, 2.24) is 5.32 Å². The predicted octanol–water partition coefficient (Wildman–Crippen LogP) is 4.08. The first-order valence-electron chi connectivity index (χ1n) is 7.75. The van der Waals surface area contributed by atoms with Crippen LogP contribution in [0, 0.1) is 5.92 Å². The Balaban J connectivity index is 2.22. The second-order valence-corrected chi connectivity index (χ2v) is 6.83. The summed E-state index contributed by atoms with van der Waals surface area (Å²) < 4.78 is 0. The first-order valence-corrected chi connectivity index (χ1v) is 8.74. The van der Waals surface area contributed by atoms with Crippen molar-refractivity contribution < 1.29 is 5.11 Å². The molecule has 1 aromatic carbocycles. The molecule has 0 radical (unpaired) electrons. The van der Waals surface area contributed by atoms with E-state index in [0.29, 0.717) is 12.5 Å². The predicted molar refractivity (Wildman–Crippen MR) is 89.3 cm³/mol. The molecule has 1 rings (SSSR count).